The number of aryl methyl sites for hydroxylation is 1. The number of rotatable bonds is 5. The minimum Gasteiger partial charge on any atom is -0.496 e. The molecule has 7 nitrogen and oxygen atoms in total. The highest BCUT2D eigenvalue weighted by Gasteiger charge is 2.21. The van der Waals surface area contributed by atoms with Crippen LogP contribution in [-0.4, -0.2) is 57.3 Å². The van der Waals surface area contributed by atoms with Gasteiger partial charge in [-0.1, -0.05) is 13.0 Å². The number of likely N-dealkylation sites (tertiary alicyclic amines) is 1. The van der Waals surface area contributed by atoms with Gasteiger partial charge in [-0.2, -0.15) is 0 Å². The molecule has 1 N–H and O–H groups in total. The first-order chi connectivity index (χ1) is 13.2. The lowest BCUT2D eigenvalue weighted by Crippen LogP contribution is -2.42. The van der Waals surface area contributed by atoms with Crippen molar-refractivity contribution in [2.24, 2.45) is 0 Å². The number of fused-ring (bicyclic) bond motifs is 1. The van der Waals surface area contributed by atoms with Crippen molar-refractivity contribution in [2.45, 2.75) is 32.7 Å². The summed E-state index contributed by atoms with van der Waals surface area (Å²) in [6, 6.07) is 6.45. The predicted octanol–water partition coefficient (Wildman–Crippen LogP) is 3.00. The number of aromatic nitrogens is 4. The van der Waals surface area contributed by atoms with Gasteiger partial charge in [-0.25, -0.2) is 4.98 Å². The Morgan fingerprint density at radius 1 is 1.30 bits per heavy atom. The van der Waals surface area contributed by atoms with Gasteiger partial charge in [0, 0.05) is 25.0 Å². The average Bonchev–Trinajstić information content (AvgIpc) is 3.19. The normalized spacial score (nSPS) is 18.0. The van der Waals surface area contributed by atoms with E-state index in [4.69, 9.17) is 4.74 Å². The second-order valence-corrected chi connectivity index (χ2v) is 7.07. The van der Waals surface area contributed by atoms with Crippen molar-refractivity contribution in [3.8, 4) is 17.1 Å². The van der Waals surface area contributed by atoms with Crippen molar-refractivity contribution in [1.82, 2.24) is 24.5 Å². The molecule has 1 aromatic carbocycles. The maximum absolute atomic E-state index is 5.56. The van der Waals surface area contributed by atoms with Crippen LogP contribution in [0, 0.1) is 6.92 Å². The van der Waals surface area contributed by atoms with Gasteiger partial charge in [-0.05, 0) is 50.6 Å². The second-order valence-electron chi connectivity index (χ2n) is 7.07. The van der Waals surface area contributed by atoms with Gasteiger partial charge in [0.15, 0.2) is 17.3 Å². The molecule has 1 atom stereocenters. The predicted molar refractivity (Wildman–Crippen MR) is 106 cm³/mol. The fourth-order valence-corrected chi connectivity index (χ4v) is 3.75. The number of anilines is 1. The number of ether oxygens (including phenoxy) is 1. The van der Waals surface area contributed by atoms with Crippen LogP contribution in [0.5, 0.6) is 5.75 Å². The van der Waals surface area contributed by atoms with Crippen LogP contribution < -0.4 is 10.1 Å². The summed E-state index contributed by atoms with van der Waals surface area (Å²) in [5.41, 5.74) is 2.83. The van der Waals surface area contributed by atoms with Gasteiger partial charge in [0.05, 0.1) is 12.7 Å². The molecule has 0 bridgehead atoms. The Bertz CT molecular complexity index is 937. The Morgan fingerprint density at radius 3 is 3.00 bits per heavy atom. The van der Waals surface area contributed by atoms with Crippen molar-refractivity contribution in [2.75, 3.05) is 32.1 Å². The molecule has 0 unspecified atom stereocenters. The zero-order chi connectivity index (χ0) is 18.8. The second kappa shape index (κ2) is 7.52. The maximum Gasteiger partial charge on any atom is 0.192 e. The number of imidazole rings is 1. The Morgan fingerprint density at radius 2 is 2.19 bits per heavy atom. The molecule has 1 saturated heterocycles. The SMILES string of the molecule is CCN1CCC[C@@H](Nc2nnc(-c3ccc(C)cc3OC)n3ccnc23)C1. The molecule has 3 aromatic rings. The molecule has 0 amide bonds. The van der Waals surface area contributed by atoms with Crippen LogP contribution in [0.1, 0.15) is 25.3 Å². The molecule has 1 aliphatic rings. The van der Waals surface area contributed by atoms with E-state index in [9.17, 15) is 0 Å². The minimum absolute atomic E-state index is 0.369. The molecule has 1 aliphatic heterocycles. The summed E-state index contributed by atoms with van der Waals surface area (Å²) >= 11 is 0. The Kier molecular flexibility index (Phi) is 4.94. The number of piperidine rings is 1. The molecule has 3 heterocycles. The van der Waals surface area contributed by atoms with Gasteiger partial charge in [-0.3, -0.25) is 4.40 Å². The monoisotopic (exact) mass is 366 g/mol. The van der Waals surface area contributed by atoms with Crippen molar-refractivity contribution < 1.29 is 4.74 Å². The number of likely N-dealkylation sites (N-methyl/N-ethyl adjacent to an activating group) is 1. The van der Waals surface area contributed by atoms with Crippen LogP contribution in [0.25, 0.3) is 17.0 Å². The molecule has 2 aromatic heterocycles. The smallest absolute Gasteiger partial charge is 0.192 e. The number of benzene rings is 1. The summed E-state index contributed by atoms with van der Waals surface area (Å²) in [6.45, 7) is 7.53. The average molecular weight is 366 g/mol. The lowest BCUT2D eigenvalue weighted by atomic mass is 10.1. The van der Waals surface area contributed by atoms with Gasteiger partial charge < -0.3 is 15.0 Å². The zero-order valence-corrected chi connectivity index (χ0v) is 16.1. The Hall–Kier alpha value is -2.67. The summed E-state index contributed by atoms with van der Waals surface area (Å²) in [6.07, 6.45) is 6.04. The van der Waals surface area contributed by atoms with Gasteiger partial charge in [0.25, 0.3) is 0 Å². The van der Waals surface area contributed by atoms with Crippen molar-refractivity contribution in [3.63, 3.8) is 0 Å². The number of nitrogens with one attached hydrogen (secondary N) is 1. The molecule has 0 spiro atoms. The van der Waals surface area contributed by atoms with Crippen LogP contribution >= 0.6 is 0 Å². The summed E-state index contributed by atoms with van der Waals surface area (Å²) < 4.78 is 7.53. The van der Waals surface area contributed by atoms with E-state index in [1.54, 1.807) is 13.3 Å². The summed E-state index contributed by atoms with van der Waals surface area (Å²) in [7, 11) is 1.68. The first-order valence-electron chi connectivity index (χ1n) is 9.53. The molecular weight excluding hydrogens is 340 g/mol. The summed E-state index contributed by atoms with van der Waals surface area (Å²) in [5.74, 6) is 2.24. The topological polar surface area (TPSA) is 67.6 Å². The fraction of sp³-hybridized carbons (Fsp3) is 0.450. The van der Waals surface area contributed by atoms with Crippen molar-refractivity contribution in [1.29, 1.82) is 0 Å². The van der Waals surface area contributed by atoms with E-state index in [2.05, 4.69) is 38.4 Å². The molecule has 1 fully saturated rings. The quantitative estimate of drug-likeness (QED) is 0.749. The first-order valence-corrected chi connectivity index (χ1v) is 9.53. The largest absolute Gasteiger partial charge is 0.496 e. The van der Waals surface area contributed by atoms with E-state index in [0.29, 0.717) is 6.04 Å². The Labute approximate surface area is 159 Å². The molecule has 4 rings (SSSR count). The standard InChI is InChI=1S/C20H26N6O/c1-4-25-10-5-6-15(13-25)22-18-20-21-9-11-26(20)19(24-23-18)16-8-7-14(2)12-17(16)27-3/h7-9,11-12,15H,4-6,10,13H2,1-3H3,(H,22,23)/t15-/m1/s1. The highest BCUT2D eigenvalue weighted by atomic mass is 16.5. The van der Waals surface area contributed by atoms with Crippen LogP contribution in [0.15, 0.2) is 30.6 Å². The molecule has 0 saturated carbocycles. The molecular formula is C20H26N6O. The fourth-order valence-electron chi connectivity index (χ4n) is 3.75. The van der Waals surface area contributed by atoms with Crippen molar-refractivity contribution in [3.05, 3.63) is 36.2 Å². The van der Waals surface area contributed by atoms with Gasteiger partial charge in [-0.15, -0.1) is 10.2 Å². The number of hydrogen-bond acceptors (Lipinski definition) is 6. The number of nitrogens with zero attached hydrogens (tertiary/aromatic N) is 5. The van der Waals surface area contributed by atoms with Crippen LogP contribution in [-0.2, 0) is 0 Å². The van der Waals surface area contributed by atoms with E-state index < -0.39 is 0 Å². The molecule has 142 valence electrons. The van der Waals surface area contributed by atoms with Gasteiger partial charge in [0.2, 0.25) is 0 Å². The van der Waals surface area contributed by atoms with Crippen molar-refractivity contribution >= 4 is 11.5 Å². The highest BCUT2D eigenvalue weighted by Crippen LogP contribution is 2.30. The lowest BCUT2D eigenvalue weighted by Gasteiger charge is -2.32. The van der Waals surface area contributed by atoms with E-state index in [1.165, 1.54) is 13.0 Å². The number of hydrogen-bond donors (Lipinski definition) is 1. The third-order valence-electron chi connectivity index (χ3n) is 5.22. The van der Waals surface area contributed by atoms with E-state index >= 15 is 0 Å². The number of methoxy groups -OCH3 is 1. The molecule has 7 heteroatoms. The third kappa shape index (κ3) is 3.47. The highest BCUT2D eigenvalue weighted by molar-refractivity contribution is 5.71. The van der Waals surface area contributed by atoms with Crippen LogP contribution in [0.4, 0.5) is 5.82 Å². The van der Waals surface area contributed by atoms with E-state index in [0.717, 1.165) is 53.7 Å². The molecule has 0 aliphatic carbocycles. The van der Waals surface area contributed by atoms with Gasteiger partial charge >= 0.3 is 0 Å². The Balaban J connectivity index is 1.69. The van der Waals surface area contributed by atoms with E-state index in [1.807, 2.05) is 29.7 Å². The maximum atomic E-state index is 5.56. The zero-order valence-electron chi connectivity index (χ0n) is 16.1. The molecule has 0 radical (unpaired) electrons. The summed E-state index contributed by atoms with van der Waals surface area (Å²) in [5, 5.41) is 12.5. The summed E-state index contributed by atoms with van der Waals surface area (Å²) in [4.78, 5) is 6.99. The first kappa shape index (κ1) is 17.7. The molecule has 27 heavy (non-hydrogen) atoms. The minimum atomic E-state index is 0.369. The van der Waals surface area contributed by atoms with Gasteiger partial charge in [0.1, 0.15) is 5.75 Å². The third-order valence-corrected chi connectivity index (χ3v) is 5.22. The van der Waals surface area contributed by atoms with Crippen LogP contribution in [0.2, 0.25) is 0 Å². The van der Waals surface area contributed by atoms with Crippen LogP contribution in [0.3, 0.4) is 0 Å². The van der Waals surface area contributed by atoms with E-state index in [-0.39, 0.29) is 0 Å². The lowest BCUT2D eigenvalue weighted by molar-refractivity contribution is 0.226.